The van der Waals surface area contributed by atoms with Gasteiger partial charge in [-0.1, -0.05) is 6.42 Å². The summed E-state index contributed by atoms with van der Waals surface area (Å²) < 4.78 is 0. The van der Waals surface area contributed by atoms with Crippen LogP contribution in [0.2, 0.25) is 0 Å². The van der Waals surface area contributed by atoms with Crippen LogP contribution >= 0.6 is 0 Å². The molecule has 2 fully saturated rings. The highest BCUT2D eigenvalue weighted by atomic mass is 16.3. The second-order valence-corrected chi connectivity index (χ2v) is 4.13. The lowest BCUT2D eigenvalue weighted by Crippen LogP contribution is -2.41. The molecule has 1 saturated heterocycles. The van der Waals surface area contributed by atoms with Crippen molar-refractivity contribution in [3.63, 3.8) is 0 Å². The molecular weight excluding hydrogens is 150 g/mol. The lowest BCUT2D eigenvalue weighted by molar-refractivity contribution is 0.112. The molecule has 0 bridgehead atoms. The molecule has 1 N–H and O–H groups in total. The summed E-state index contributed by atoms with van der Waals surface area (Å²) in [4.78, 5) is 2.64. The number of likely N-dealkylation sites (tertiary alicyclic amines) is 1. The first-order valence-electron chi connectivity index (χ1n) is 5.28. The summed E-state index contributed by atoms with van der Waals surface area (Å²) in [6.45, 7) is 1.66. The molecule has 1 atom stereocenters. The maximum absolute atomic E-state index is 8.91. The van der Waals surface area contributed by atoms with Crippen LogP contribution in [0.4, 0.5) is 0 Å². The number of hydrogen-bond acceptors (Lipinski definition) is 2. The molecule has 0 aromatic rings. The van der Waals surface area contributed by atoms with Gasteiger partial charge in [0.05, 0.1) is 0 Å². The van der Waals surface area contributed by atoms with Crippen molar-refractivity contribution in [3.8, 4) is 0 Å². The van der Waals surface area contributed by atoms with Crippen LogP contribution < -0.4 is 0 Å². The summed E-state index contributed by atoms with van der Waals surface area (Å²) in [5, 5.41) is 8.91. The van der Waals surface area contributed by atoms with E-state index in [0.29, 0.717) is 12.6 Å². The van der Waals surface area contributed by atoms with Crippen molar-refractivity contribution in [2.75, 3.05) is 13.2 Å². The van der Waals surface area contributed by atoms with E-state index < -0.39 is 0 Å². The van der Waals surface area contributed by atoms with Crippen molar-refractivity contribution in [1.82, 2.24) is 4.90 Å². The monoisotopic (exact) mass is 169 g/mol. The second kappa shape index (κ2) is 3.75. The number of hydrogen-bond donors (Lipinski definition) is 1. The molecule has 0 amide bonds. The van der Waals surface area contributed by atoms with Crippen LogP contribution in [0.5, 0.6) is 0 Å². The highest BCUT2D eigenvalue weighted by Gasteiger charge is 2.34. The van der Waals surface area contributed by atoms with Crippen molar-refractivity contribution < 1.29 is 5.11 Å². The lowest BCUT2D eigenvalue weighted by atomic mass is 9.99. The maximum atomic E-state index is 8.91. The number of piperidine rings is 1. The fraction of sp³-hybridized carbons (Fsp3) is 1.00. The summed E-state index contributed by atoms with van der Waals surface area (Å²) in [6.07, 6.45) is 7.86. The van der Waals surface area contributed by atoms with Gasteiger partial charge in [0, 0.05) is 18.7 Å². The largest absolute Gasteiger partial charge is 0.396 e. The van der Waals surface area contributed by atoms with E-state index in [0.717, 1.165) is 12.5 Å². The van der Waals surface area contributed by atoms with E-state index in [2.05, 4.69) is 4.90 Å². The Morgan fingerprint density at radius 3 is 2.67 bits per heavy atom. The molecule has 12 heavy (non-hydrogen) atoms. The Bertz CT molecular complexity index is 143. The Morgan fingerprint density at radius 1 is 1.17 bits per heavy atom. The molecule has 2 rings (SSSR count). The van der Waals surface area contributed by atoms with E-state index in [1.54, 1.807) is 0 Å². The molecule has 0 aromatic carbocycles. The first-order valence-corrected chi connectivity index (χ1v) is 5.28. The molecule has 1 aliphatic heterocycles. The van der Waals surface area contributed by atoms with E-state index in [1.807, 2.05) is 0 Å². The smallest absolute Gasteiger partial charge is 0.0445 e. The lowest BCUT2D eigenvalue weighted by Gasteiger charge is -2.35. The molecule has 2 nitrogen and oxygen atoms in total. The first kappa shape index (κ1) is 8.52. The fourth-order valence-electron chi connectivity index (χ4n) is 2.37. The predicted octanol–water partition coefficient (Wildman–Crippen LogP) is 1.39. The molecule has 1 aliphatic carbocycles. The van der Waals surface area contributed by atoms with E-state index in [4.69, 9.17) is 5.11 Å². The Hall–Kier alpha value is -0.0800. The number of rotatable bonds is 3. The zero-order chi connectivity index (χ0) is 8.39. The summed E-state index contributed by atoms with van der Waals surface area (Å²) in [5.41, 5.74) is 0. The summed E-state index contributed by atoms with van der Waals surface area (Å²) in [5.74, 6) is 0. The third-order valence-corrected chi connectivity index (χ3v) is 3.15. The minimum Gasteiger partial charge on any atom is -0.396 e. The van der Waals surface area contributed by atoms with Crippen molar-refractivity contribution >= 4 is 0 Å². The van der Waals surface area contributed by atoms with Gasteiger partial charge in [0.25, 0.3) is 0 Å². The highest BCUT2D eigenvalue weighted by molar-refractivity contribution is 4.90. The van der Waals surface area contributed by atoms with Crippen LogP contribution in [0, 0.1) is 0 Å². The maximum Gasteiger partial charge on any atom is 0.0445 e. The third kappa shape index (κ3) is 1.80. The van der Waals surface area contributed by atoms with Crippen LogP contribution in [-0.2, 0) is 0 Å². The highest BCUT2D eigenvalue weighted by Crippen LogP contribution is 2.33. The molecule has 1 saturated carbocycles. The zero-order valence-corrected chi connectivity index (χ0v) is 7.71. The first-order chi connectivity index (χ1) is 5.92. The van der Waals surface area contributed by atoms with E-state index in [9.17, 15) is 0 Å². The van der Waals surface area contributed by atoms with Crippen LogP contribution in [0.3, 0.4) is 0 Å². The molecule has 2 aliphatic rings. The average molecular weight is 169 g/mol. The SMILES string of the molecule is OCCC1CCCCN1C1CC1. The van der Waals surface area contributed by atoms with E-state index in [1.165, 1.54) is 38.6 Å². The topological polar surface area (TPSA) is 23.5 Å². The van der Waals surface area contributed by atoms with Gasteiger partial charge in [-0.2, -0.15) is 0 Å². The second-order valence-electron chi connectivity index (χ2n) is 4.13. The van der Waals surface area contributed by atoms with Gasteiger partial charge in [0.2, 0.25) is 0 Å². The predicted molar refractivity (Wildman–Crippen MR) is 49.1 cm³/mol. The molecule has 1 unspecified atom stereocenters. The van der Waals surface area contributed by atoms with Crippen LogP contribution in [-0.4, -0.2) is 35.2 Å². The minimum absolute atomic E-state index is 0.369. The Kier molecular flexibility index (Phi) is 2.66. The number of nitrogens with zero attached hydrogens (tertiary/aromatic N) is 1. The van der Waals surface area contributed by atoms with Gasteiger partial charge in [-0.25, -0.2) is 0 Å². The molecule has 1 heterocycles. The van der Waals surface area contributed by atoms with E-state index >= 15 is 0 Å². The third-order valence-electron chi connectivity index (χ3n) is 3.15. The quantitative estimate of drug-likeness (QED) is 0.690. The van der Waals surface area contributed by atoms with Crippen molar-refractivity contribution in [2.24, 2.45) is 0 Å². The molecule has 70 valence electrons. The molecule has 2 heteroatoms. The van der Waals surface area contributed by atoms with Crippen molar-refractivity contribution in [2.45, 2.75) is 50.6 Å². The standard InChI is InChI=1S/C10H19NO/c12-8-6-9-3-1-2-7-11(9)10-4-5-10/h9-10,12H,1-8H2. The normalized spacial score (nSPS) is 32.2. The van der Waals surface area contributed by atoms with Crippen molar-refractivity contribution in [1.29, 1.82) is 0 Å². The molecule has 0 spiro atoms. The van der Waals surface area contributed by atoms with Crippen LogP contribution in [0.1, 0.15) is 38.5 Å². The number of aliphatic hydroxyl groups is 1. The Morgan fingerprint density at radius 2 is 2.00 bits per heavy atom. The van der Waals surface area contributed by atoms with Gasteiger partial charge in [-0.15, -0.1) is 0 Å². The van der Waals surface area contributed by atoms with Gasteiger partial charge in [-0.3, -0.25) is 4.90 Å². The van der Waals surface area contributed by atoms with Crippen LogP contribution in [0.15, 0.2) is 0 Å². The fourth-order valence-corrected chi connectivity index (χ4v) is 2.37. The minimum atomic E-state index is 0.369. The van der Waals surface area contributed by atoms with Crippen molar-refractivity contribution in [3.05, 3.63) is 0 Å². The van der Waals surface area contributed by atoms with Gasteiger partial charge in [0.15, 0.2) is 0 Å². The molecule has 0 radical (unpaired) electrons. The number of aliphatic hydroxyl groups excluding tert-OH is 1. The van der Waals surface area contributed by atoms with Gasteiger partial charge < -0.3 is 5.11 Å². The summed E-state index contributed by atoms with van der Waals surface area (Å²) in [6, 6.07) is 1.60. The molecule has 0 aromatic heterocycles. The van der Waals surface area contributed by atoms with Gasteiger partial charge in [0.1, 0.15) is 0 Å². The van der Waals surface area contributed by atoms with E-state index in [-0.39, 0.29) is 0 Å². The zero-order valence-electron chi connectivity index (χ0n) is 7.71. The Balaban J connectivity index is 1.87. The summed E-state index contributed by atoms with van der Waals surface area (Å²) >= 11 is 0. The average Bonchev–Trinajstić information content (AvgIpc) is 2.89. The summed E-state index contributed by atoms with van der Waals surface area (Å²) in [7, 11) is 0. The van der Waals surface area contributed by atoms with Crippen LogP contribution in [0.25, 0.3) is 0 Å². The van der Waals surface area contributed by atoms with Gasteiger partial charge in [-0.05, 0) is 38.6 Å². The van der Waals surface area contributed by atoms with Gasteiger partial charge >= 0.3 is 0 Å². The Labute approximate surface area is 74.6 Å². The molecular formula is C10H19NO.